The van der Waals surface area contributed by atoms with E-state index < -0.39 is 21.8 Å². The van der Waals surface area contributed by atoms with Gasteiger partial charge in [0.15, 0.2) is 0 Å². The number of ether oxygens (including phenoxy) is 1. The average molecular weight is 450 g/mol. The number of halogens is 3. The van der Waals surface area contributed by atoms with Crippen LogP contribution >= 0.6 is 0 Å². The van der Waals surface area contributed by atoms with Crippen molar-refractivity contribution < 1.29 is 26.3 Å². The first-order valence-electron chi connectivity index (χ1n) is 9.25. The molecular weight excluding hydrogens is 429 g/mol. The van der Waals surface area contributed by atoms with Crippen molar-refractivity contribution in [1.82, 2.24) is 0 Å². The highest BCUT2D eigenvalue weighted by Gasteiger charge is 2.29. The number of nitrogens with two attached hydrogens (primary N) is 1. The molecule has 3 rings (SSSR count). The van der Waals surface area contributed by atoms with Gasteiger partial charge in [0.1, 0.15) is 5.75 Å². The molecule has 0 saturated carbocycles. The van der Waals surface area contributed by atoms with Crippen molar-refractivity contribution in [2.75, 3.05) is 12.4 Å². The van der Waals surface area contributed by atoms with Crippen LogP contribution < -0.4 is 15.2 Å². The first-order valence-corrected chi connectivity index (χ1v) is 10.8. The molecule has 0 aliphatic heterocycles. The second kappa shape index (κ2) is 8.99. The Hall–Kier alpha value is -3.04. The van der Waals surface area contributed by atoms with Gasteiger partial charge in [0.2, 0.25) is 10.0 Å². The van der Waals surface area contributed by atoms with E-state index >= 15 is 0 Å². The summed E-state index contributed by atoms with van der Waals surface area (Å²) in [7, 11) is -2.37. The van der Waals surface area contributed by atoms with E-state index in [1.165, 1.54) is 18.2 Å². The largest absolute Gasteiger partial charge is 0.497 e. The predicted octanol–water partition coefficient (Wildman–Crippen LogP) is 4.56. The van der Waals surface area contributed by atoms with Gasteiger partial charge in [-0.05, 0) is 65.6 Å². The molecule has 164 valence electrons. The van der Waals surface area contributed by atoms with E-state index in [1.807, 2.05) is 12.1 Å². The molecule has 0 bridgehead atoms. The maximum atomic E-state index is 12.7. The number of hydrogen-bond acceptors (Lipinski definition) is 4. The lowest BCUT2D eigenvalue weighted by Gasteiger charge is -2.13. The van der Waals surface area contributed by atoms with Crippen LogP contribution in [-0.4, -0.2) is 15.5 Å². The first-order chi connectivity index (χ1) is 14.6. The van der Waals surface area contributed by atoms with Crippen LogP contribution in [0.3, 0.4) is 0 Å². The van der Waals surface area contributed by atoms with Gasteiger partial charge in [-0.2, -0.15) is 13.2 Å². The lowest BCUT2D eigenvalue weighted by molar-refractivity contribution is -0.137. The molecule has 0 unspecified atom stereocenters. The van der Waals surface area contributed by atoms with Crippen molar-refractivity contribution in [3.05, 3.63) is 89.0 Å². The van der Waals surface area contributed by atoms with E-state index in [-0.39, 0.29) is 11.4 Å². The summed E-state index contributed by atoms with van der Waals surface area (Å²) in [6.45, 7) is 0.273. The second-order valence-corrected chi connectivity index (χ2v) is 8.47. The van der Waals surface area contributed by atoms with Crippen LogP contribution in [0.2, 0.25) is 0 Å². The predicted molar refractivity (Wildman–Crippen MR) is 112 cm³/mol. The monoisotopic (exact) mass is 450 g/mol. The summed E-state index contributed by atoms with van der Waals surface area (Å²) in [5, 5.41) is 8.47. The Morgan fingerprint density at radius 1 is 0.935 bits per heavy atom. The molecule has 0 heterocycles. The lowest BCUT2D eigenvalue weighted by atomic mass is 10.0. The number of rotatable bonds is 7. The molecule has 0 radical (unpaired) electrons. The van der Waals surface area contributed by atoms with Crippen molar-refractivity contribution in [1.29, 1.82) is 0 Å². The molecule has 0 amide bonds. The maximum Gasteiger partial charge on any atom is 0.416 e. The number of methoxy groups -OCH3 is 1. The normalized spacial score (nSPS) is 11.9. The third kappa shape index (κ3) is 5.99. The van der Waals surface area contributed by atoms with Crippen LogP contribution in [-0.2, 0) is 29.2 Å². The second-order valence-electron chi connectivity index (χ2n) is 6.94. The highest BCUT2D eigenvalue weighted by molar-refractivity contribution is 7.89. The van der Waals surface area contributed by atoms with Crippen LogP contribution in [0.5, 0.6) is 5.75 Å². The van der Waals surface area contributed by atoms with Crippen LogP contribution in [0.25, 0.3) is 0 Å². The number of sulfonamides is 1. The average Bonchev–Trinajstić information content (AvgIpc) is 2.72. The number of alkyl halides is 3. The third-order valence-corrected chi connectivity index (χ3v) is 5.71. The quantitative estimate of drug-likeness (QED) is 0.553. The number of hydrogen-bond donors (Lipinski definition) is 2. The smallest absolute Gasteiger partial charge is 0.416 e. The zero-order chi connectivity index (χ0) is 22.6. The summed E-state index contributed by atoms with van der Waals surface area (Å²) in [4.78, 5) is 0.0170. The molecule has 31 heavy (non-hydrogen) atoms. The fraction of sp³-hybridized carbons (Fsp3) is 0.182. The van der Waals surface area contributed by atoms with E-state index in [0.29, 0.717) is 29.0 Å². The van der Waals surface area contributed by atoms with Gasteiger partial charge in [0.05, 0.1) is 17.6 Å². The van der Waals surface area contributed by atoms with Gasteiger partial charge in [0, 0.05) is 12.2 Å². The van der Waals surface area contributed by atoms with Crippen LogP contribution in [0.15, 0.2) is 71.6 Å². The Bertz CT molecular complexity index is 1140. The van der Waals surface area contributed by atoms with Gasteiger partial charge < -0.3 is 10.1 Å². The molecule has 0 atom stereocenters. The minimum atomic E-state index is -4.38. The summed E-state index contributed by atoms with van der Waals surface area (Å²) in [5.74, 6) is 0.683. The van der Waals surface area contributed by atoms with Gasteiger partial charge in [-0.3, -0.25) is 0 Å². The molecule has 0 fully saturated rings. The zero-order valence-corrected chi connectivity index (χ0v) is 17.4. The van der Waals surface area contributed by atoms with Crippen molar-refractivity contribution in [3.8, 4) is 5.75 Å². The van der Waals surface area contributed by atoms with Crippen molar-refractivity contribution in [2.24, 2.45) is 5.14 Å². The van der Waals surface area contributed by atoms with Gasteiger partial charge in [-0.1, -0.05) is 24.3 Å². The van der Waals surface area contributed by atoms with Gasteiger partial charge >= 0.3 is 6.18 Å². The lowest BCUT2D eigenvalue weighted by Crippen LogP contribution is -2.15. The minimum absolute atomic E-state index is 0.0170. The molecule has 3 N–H and O–H groups in total. The summed E-state index contributed by atoms with van der Waals surface area (Å²) in [6.07, 6.45) is -4.06. The highest BCUT2D eigenvalue weighted by Crippen LogP contribution is 2.29. The summed E-state index contributed by atoms with van der Waals surface area (Å²) in [5.41, 5.74) is 1.93. The van der Waals surface area contributed by atoms with Crippen LogP contribution in [0, 0.1) is 0 Å². The number of nitrogens with one attached hydrogen (secondary N) is 1. The number of benzene rings is 3. The molecule has 9 heteroatoms. The molecule has 0 aliphatic rings. The Morgan fingerprint density at radius 2 is 1.55 bits per heavy atom. The third-order valence-electron chi connectivity index (χ3n) is 4.70. The van der Waals surface area contributed by atoms with E-state index in [2.05, 4.69) is 5.32 Å². The SMILES string of the molecule is COc1ccc(Cc2cc(NCc3ccc(C(F)(F)F)cc3)ccc2S(N)(=O)=O)cc1. The van der Waals surface area contributed by atoms with Crippen LogP contribution in [0.4, 0.5) is 18.9 Å². The first kappa shape index (κ1) is 22.6. The number of primary sulfonamides is 1. The molecule has 0 aliphatic carbocycles. The Kier molecular flexibility index (Phi) is 6.56. The molecule has 3 aromatic rings. The fourth-order valence-electron chi connectivity index (χ4n) is 3.08. The molecule has 0 spiro atoms. The zero-order valence-electron chi connectivity index (χ0n) is 16.6. The Labute approximate surface area is 178 Å². The molecule has 0 aromatic heterocycles. The van der Waals surface area contributed by atoms with E-state index in [1.54, 1.807) is 31.4 Å². The summed E-state index contributed by atoms with van der Waals surface area (Å²) >= 11 is 0. The highest BCUT2D eigenvalue weighted by atomic mass is 32.2. The minimum Gasteiger partial charge on any atom is -0.497 e. The van der Waals surface area contributed by atoms with Gasteiger partial charge in [0.25, 0.3) is 0 Å². The van der Waals surface area contributed by atoms with E-state index in [0.717, 1.165) is 17.7 Å². The maximum absolute atomic E-state index is 12.7. The van der Waals surface area contributed by atoms with Gasteiger partial charge in [-0.25, -0.2) is 13.6 Å². The number of anilines is 1. The van der Waals surface area contributed by atoms with Crippen molar-refractivity contribution in [3.63, 3.8) is 0 Å². The van der Waals surface area contributed by atoms with Crippen LogP contribution in [0.1, 0.15) is 22.3 Å². The standard InChI is InChI=1S/C22H21F3N2O3S/c1-30-20-9-4-15(5-10-20)12-17-13-19(8-11-21(17)31(26,28)29)27-14-16-2-6-18(7-3-16)22(23,24)25/h2-11,13,27H,12,14H2,1H3,(H2,26,28,29). The van der Waals surface area contributed by atoms with E-state index in [9.17, 15) is 21.6 Å². The summed E-state index contributed by atoms with van der Waals surface area (Å²) < 4.78 is 67.2. The molecular formula is C22H21F3N2O3S. The van der Waals surface area contributed by atoms with Crippen molar-refractivity contribution >= 4 is 15.7 Å². The fourth-order valence-corrected chi connectivity index (χ4v) is 3.84. The Morgan fingerprint density at radius 3 is 2.10 bits per heavy atom. The topological polar surface area (TPSA) is 81.4 Å². The molecule has 0 saturated heterocycles. The Balaban J connectivity index is 1.80. The molecule has 3 aromatic carbocycles. The van der Waals surface area contributed by atoms with E-state index in [4.69, 9.17) is 9.88 Å². The summed E-state index contributed by atoms with van der Waals surface area (Å²) in [6, 6.07) is 16.7. The molecule has 5 nitrogen and oxygen atoms in total. The van der Waals surface area contributed by atoms with Crippen molar-refractivity contribution in [2.45, 2.75) is 24.0 Å². The van der Waals surface area contributed by atoms with Gasteiger partial charge in [-0.15, -0.1) is 0 Å².